The van der Waals surface area contributed by atoms with Crippen molar-refractivity contribution < 1.29 is 4.74 Å². The van der Waals surface area contributed by atoms with E-state index in [9.17, 15) is 0 Å². The number of nitrogens with two attached hydrogens (primary N) is 1. The van der Waals surface area contributed by atoms with Gasteiger partial charge in [-0.15, -0.1) is 0 Å². The molecule has 14 heavy (non-hydrogen) atoms. The van der Waals surface area contributed by atoms with Crippen LogP contribution in [0.3, 0.4) is 0 Å². The van der Waals surface area contributed by atoms with Crippen LogP contribution in [-0.2, 0) is 4.74 Å². The van der Waals surface area contributed by atoms with Gasteiger partial charge in [-0.1, -0.05) is 0 Å². The first kappa shape index (κ1) is 12.3. The second kappa shape index (κ2) is 4.86. The molecule has 1 saturated heterocycles. The van der Waals surface area contributed by atoms with E-state index in [-0.39, 0.29) is 11.2 Å². The Morgan fingerprint density at radius 1 is 1.43 bits per heavy atom. The Kier molecular flexibility index (Phi) is 4.29. The summed E-state index contributed by atoms with van der Waals surface area (Å²) in [6.45, 7) is 7.12. The molecular formula is C11H23NOS. The van der Waals surface area contributed by atoms with Gasteiger partial charge in [0.25, 0.3) is 0 Å². The third-order valence-electron chi connectivity index (χ3n) is 2.41. The SMILES string of the molecule is CC(C)(C)OC1(CCN)CCCSC1. The molecule has 1 atom stereocenters. The van der Waals surface area contributed by atoms with Crippen molar-refractivity contribution in [3.05, 3.63) is 0 Å². The highest BCUT2D eigenvalue weighted by Crippen LogP contribution is 2.35. The van der Waals surface area contributed by atoms with Crippen LogP contribution in [0.2, 0.25) is 0 Å². The molecule has 3 heteroatoms. The number of thioether (sulfide) groups is 1. The average molecular weight is 217 g/mol. The number of hydrogen-bond donors (Lipinski definition) is 1. The summed E-state index contributed by atoms with van der Waals surface area (Å²) < 4.78 is 6.21. The minimum Gasteiger partial charge on any atom is -0.369 e. The van der Waals surface area contributed by atoms with Gasteiger partial charge in [-0.05, 0) is 52.3 Å². The van der Waals surface area contributed by atoms with E-state index in [0.29, 0.717) is 0 Å². The van der Waals surface area contributed by atoms with Gasteiger partial charge in [0, 0.05) is 5.75 Å². The fourth-order valence-corrected chi connectivity index (χ4v) is 3.28. The molecule has 0 aliphatic carbocycles. The van der Waals surface area contributed by atoms with E-state index in [0.717, 1.165) is 18.7 Å². The monoisotopic (exact) mass is 217 g/mol. The van der Waals surface area contributed by atoms with E-state index in [1.807, 2.05) is 11.8 Å². The van der Waals surface area contributed by atoms with Crippen LogP contribution in [0.25, 0.3) is 0 Å². The molecule has 0 amide bonds. The Balaban J connectivity index is 2.60. The Labute approximate surface area is 92.0 Å². The minimum absolute atomic E-state index is 0.0485. The lowest BCUT2D eigenvalue weighted by molar-refractivity contribution is -0.127. The molecule has 0 spiro atoms. The van der Waals surface area contributed by atoms with Gasteiger partial charge < -0.3 is 10.5 Å². The Hall–Kier alpha value is 0.270. The van der Waals surface area contributed by atoms with Crippen molar-refractivity contribution in [2.24, 2.45) is 5.73 Å². The van der Waals surface area contributed by atoms with Crippen LogP contribution in [0.1, 0.15) is 40.0 Å². The molecule has 84 valence electrons. The minimum atomic E-state index is -0.0485. The van der Waals surface area contributed by atoms with E-state index in [1.54, 1.807) is 0 Å². The van der Waals surface area contributed by atoms with Gasteiger partial charge in [0.15, 0.2) is 0 Å². The van der Waals surface area contributed by atoms with Crippen LogP contribution in [0.15, 0.2) is 0 Å². The third-order valence-corrected chi connectivity index (χ3v) is 3.72. The zero-order valence-corrected chi connectivity index (χ0v) is 10.5. The standard InChI is InChI=1S/C11H23NOS/c1-10(2,3)13-11(6-7-12)5-4-8-14-9-11/h4-9,12H2,1-3H3. The first-order valence-corrected chi connectivity index (χ1v) is 6.61. The quantitative estimate of drug-likeness (QED) is 0.788. The van der Waals surface area contributed by atoms with Crippen LogP contribution in [0.5, 0.6) is 0 Å². The van der Waals surface area contributed by atoms with E-state index < -0.39 is 0 Å². The zero-order chi connectivity index (χ0) is 10.7. The Morgan fingerprint density at radius 2 is 2.14 bits per heavy atom. The molecule has 2 nitrogen and oxygen atoms in total. The maximum Gasteiger partial charge on any atom is 0.0791 e. The summed E-state index contributed by atoms with van der Waals surface area (Å²) in [5, 5.41) is 0. The molecule has 0 saturated carbocycles. The zero-order valence-electron chi connectivity index (χ0n) is 9.64. The molecule has 0 aromatic carbocycles. The van der Waals surface area contributed by atoms with Crippen molar-refractivity contribution >= 4 is 11.8 Å². The fraction of sp³-hybridized carbons (Fsp3) is 1.00. The molecule has 1 aliphatic heterocycles. The highest BCUT2D eigenvalue weighted by atomic mass is 32.2. The summed E-state index contributed by atoms with van der Waals surface area (Å²) in [5.41, 5.74) is 5.68. The molecule has 0 aromatic rings. The maximum absolute atomic E-state index is 6.21. The topological polar surface area (TPSA) is 35.2 Å². The Morgan fingerprint density at radius 3 is 2.57 bits per heavy atom. The van der Waals surface area contributed by atoms with Crippen molar-refractivity contribution in [3.8, 4) is 0 Å². The van der Waals surface area contributed by atoms with Crippen LogP contribution < -0.4 is 5.73 Å². The molecule has 1 heterocycles. The second-order valence-electron chi connectivity index (χ2n) is 5.09. The molecule has 1 unspecified atom stereocenters. The maximum atomic E-state index is 6.21. The summed E-state index contributed by atoms with van der Waals surface area (Å²) in [6, 6.07) is 0. The van der Waals surface area contributed by atoms with Gasteiger partial charge in [-0.2, -0.15) is 11.8 Å². The third kappa shape index (κ3) is 3.79. The van der Waals surface area contributed by atoms with E-state index >= 15 is 0 Å². The second-order valence-corrected chi connectivity index (χ2v) is 6.20. The summed E-state index contributed by atoms with van der Waals surface area (Å²) in [7, 11) is 0. The first-order chi connectivity index (χ1) is 6.47. The first-order valence-electron chi connectivity index (χ1n) is 5.45. The van der Waals surface area contributed by atoms with Crippen molar-refractivity contribution in [2.45, 2.75) is 51.2 Å². The summed E-state index contributed by atoms with van der Waals surface area (Å²) in [6.07, 6.45) is 3.44. The highest BCUT2D eigenvalue weighted by molar-refractivity contribution is 7.99. The van der Waals surface area contributed by atoms with Gasteiger partial charge in [-0.25, -0.2) is 0 Å². The molecule has 2 N–H and O–H groups in total. The number of rotatable bonds is 3. The predicted octanol–water partition coefficient (Wildman–Crippen LogP) is 2.42. The van der Waals surface area contributed by atoms with Crippen LogP contribution in [-0.4, -0.2) is 29.3 Å². The van der Waals surface area contributed by atoms with Gasteiger partial charge in [0.05, 0.1) is 11.2 Å². The lowest BCUT2D eigenvalue weighted by Gasteiger charge is -2.41. The average Bonchev–Trinajstić information content (AvgIpc) is 2.02. The molecular weight excluding hydrogens is 194 g/mol. The summed E-state index contributed by atoms with van der Waals surface area (Å²) in [4.78, 5) is 0. The van der Waals surface area contributed by atoms with Crippen molar-refractivity contribution in [1.82, 2.24) is 0 Å². The van der Waals surface area contributed by atoms with E-state index in [2.05, 4.69) is 20.8 Å². The van der Waals surface area contributed by atoms with Crippen molar-refractivity contribution in [2.75, 3.05) is 18.1 Å². The summed E-state index contributed by atoms with van der Waals surface area (Å²) >= 11 is 2.00. The van der Waals surface area contributed by atoms with E-state index in [1.165, 1.54) is 18.6 Å². The largest absolute Gasteiger partial charge is 0.369 e. The van der Waals surface area contributed by atoms with Crippen molar-refractivity contribution in [3.63, 3.8) is 0 Å². The lowest BCUT2D eigenvalue weighted by Crippen LogP contribution is -2.45. The number of ether oxygens (including phenoxy) is 1. The lowest BCUT2D eigenvalue weighted by atomic mass is 9.94. The fourth-order valence-electron chi connectivity index (χ4n) is 2.07. The van der Waals surface area contributed by atoms with Crippen LogP contribution in [0.4, 0.5) is 0 Å². The molecule has 1 aliphatic rings. The summed E-state index contributed by atoms with van der Waals surface area (Å²) in [5.74, 6) is 2.39. The molecule has 0 radical (unpaired) electrons. The van der Waals surface area contributed by atoms with E-state index in [4.69, 9.17) is 10.5 Å². The smallest absolute Gasteiger partial charge is 0.0791 e. The van der Waals surface area contributed by atoms with Crippen LogP contribution in [0, 0.1) is 0 Å². The van der Waals surface area contributed by atoms with Crippen molar-refractivity contribution in [1.29, 1.82) is 0 Å². The van der Waals surface area contributed by atoms with Gasteiger partial charge in [0.2, 0.25) is 0 Å². The van der Waals surface area contributed by atoms with Gasteiger partial charge in [0.1, 0.15) is 0 Å². The predicted molar refractivity (Wildman–Crippen MR) is 63.8 cm³/mol. The van der Waals surface area contributed by atoms with Crippen LogP contribution >= 0.6 is 11.8 Å². The molecule has 1 rings (SSSR count). The number of hydrogen-bond acceptors (Lipinski definition) is 3. The molecule has 0 bridgehead atoms. The highest BCUT2D eigenvalue weighted by Gasteiger charge is 2.36. The normalized spacial score (nSPS) is 29.1. The van der Waals surface area contributed by atoms with Gasteiger partial charge in [-0.3, -0.25) is 0 Å². The molecule has 1 fully saturated rings. The molecule has 0 aromatic heterocycles. The Bertz CT molecular complexity index is 165. The van der Waals surface area contributed by atoms with Gasteiger partial charge >= 0.3 is 0 Å².